The number of carbonyl (C=O) groups is 1. The lowest BCUT2D eigenvalue weighted by Crippen LogP contribution is -2.15. The van der Waals surface area contributed by atoms with Crippen LogP contribution in [0.15, 0.2) is 30.6 Å². The van der Waals surface area contributed by atoms with Crippen molar-refractivity contribution in [3.05, 3.63) is 46.3 Å². The van der Waals surface area contributed by atoms with Crippen LogP contribution in [0, 0.1) is 5.92 Å². The summed E-state index contributed by atoms with van der Waals surface area (Å²) in [6.45, 7) is 4.98. The zero-order chi connectivity index (χ0) is 16.1. The van der Waals surface area contributed by atoms with Gasteiger partial charge < -0.3 is 10.6 Å². The zero-order valence-corrected chi connectivity index (χ0v) is 13.7. The van der Waals surface area contributed by atoms with E-state index in [0.717, 1.165) is 6.54 Å². The summed E-state index contributed by atoms with van der Waals surface area (Å²) in [5.41, 5.74) is 0.720. The Kier molecular flexibility index (Phi) is 5.57. The molecule has 1 aromatic heterocycles. The average Bonchev–Trinajstić information content (AvgIpc) is 2.44. The number of halogens is 2. The molecule has 22 heavy (non-hydrogen) atoms. The highest BCUT2D eigenvalue weighted by molar-refractivity contribution is 6.35. The second kappa shape index (κ2) is 7.42. The molecule has 0 unspecified atom stereocenters. The number of nitrogens with one attached hydrogen (secondary N) is 2. The van der Waals surface area contributed by atoms with Crippen molar-refractivity contribution in [2.75, 3.05) is 17.2 Å². The molecule has 116 valence electrons. The maximum atomic E-state index is 12.1. The molecule has 1 aromatic carbocycles. The van der Waals surface area contributed by atoms with Gasteiger partial charge in [-0.2, -0.15) is 0 Å². The van der Waals surface area contributed by atoms with Crippen molar-refractivity contribution < 1.29 is 4.79 Å². The Balaban J connectivity index is 2.03. The van der Waals surface area contributed by atoms with Gasteiger partial charge >= 0.3 is 0 Å². The largest absolute Gasteiger partial charge is 0.369 e. The Labute approximate surface area is 139 Å². The van der Waals surface area contributed by atoms with E-state index in [1.165, 1.54) is 12.4 Å². The average molecular weight is 339 g/mol. The number of carbonyl (C=O) groups excluding carboxylic acids is 1. The Morgan fingerprint density at radius 3 is 2.36 bits per heavy atom. The molecule has 0 aliphatic rings. The van der Waals surface area contributed by atoms with E-state index in [-0.39, 0.29) is 11.6 Å². The smallest absolute Gasteiger partial charge is 0.275 e. The molecule has 5 nitrogen and oxygen atoms in total. The van der Waals surface area contributed by atoms with Crippen LogP contribution in [0.3, 0.4) is 0 Å². The molecule has 2 rings (SSSR count). The van der Waals surface area contributed by atoms with Crippen molar-refractivity contribution in [3.63, 3.8) is 0 Å². The predicted molar refractivity (Wildman–Crippen MR) is 89.8 cm³/mol. The van der Waals surface area contributed by atoms with E-state index in [9.17, 15) is 4.79 Å². The molecule has 0 radical (unpaired) electrons. The first-order valence-electron chi connectivity index (χ1n) is 6.77. The second-order valence-corrected chi connectivity index (χ2v) is 6.05. The maximum absolute atomic E-state index is 12.1. The minimum absolute atomic E-state index is 0.214. The van der Waals surface area contributed by atoms with Gasteiger partial charge in [0.15, 0.2) is 0 Å². The molecule has 0 aliphatic carbocycles. The summed E-state index contributed by atoms with van der Waals surface area (Å²) in [5.74, 6) is 0.759. The molecule has 1 amide bonds. The third-order valence-corrected chi connectivity index (χ3v) is 3.13. The van der Waals surface area contributed by atoms with Gasteiger partial charge in [-0.05, 0) is 24.1 Å². The summed E-state index contributed by atoms with van der Waals surface area (Å²) < 4.78 is 0. The van der Waals surface area contributed by atoms with Crippen LogP contribution in [0.1, 0.15) is 24.3 Å². The number of hydrogen-bond donors (Lipinski definition) is 2. The molecule has 0 saturated heterocycles. The van der Waals surface area contributed by atoms with E-state index in [4.69, 9.17) is 23.2 Å². The third-order valence-electron chi connectivity index (χ3n) is 2.70. The minimum Gasteiger partial charge on any atom is -0.369 e. The van der Waals surface area contributed by atoms with Crippen LogP contribution in [0.25, 0.3) is 0 Å². The van der Waals surface area contributed by atoms with Gasteiger partial charge in [0.25, 0.3) is 5.91 Å². The lowest BCUT2D eigenvalue weighted by atomic mass is 10.2. The highest BCUT2D eigenvalue weighted by Gasteiger charge is 2.09. The van der Waals surface area contributed by atoms with Crippen molar-refractivity contribution in [3.8, 4) is 0 Å². The fraction of sp³-hybridized carbons (Fsp3) is 0.267. The van der Waals surface area contributed by atoms with Gasteiger partial charge in [0.1, 0.15) is 11.5 Å². The molecule has 7 heteroatoms. The van der Waals surface area contributed by atoms with Gasteiger partial charge in [0.05, 0.1) is 12.4 Å². The Hall–Kier alpha value is -1.85. The molecule has 0 atom stereocenters. The number of nitrogens with zero attached hydrogens (tertiary/aromatic N) is 2. The summed E-state index contributed by atoms with van der Waals surface area (Å²) >= 11 is 11.8. The fourth-order valence-electron chi connectivity index (χ4n) is 1.67. The molecule has 2 aromatic rings. The van der Waals surface area contributed by atoms with Crippen LogP contribution in [0.5, 0.6) is 0 Å². The minimum atomic E-state index is -0.374. The van der Waals surface area contributed by atoms with E-state index >= 15 is 0 Å². The highest BCUT2D eigenvalue weighted by atomic mass is 35.5. The second-order valence-electron chi connectivity index (χ2n) is 5.17. The number of rotatable bonds is 5. The summed E-state index contributed by atoms with van der Waals surface area (Å²) in [6, 6.07) is 4.81. The lowest BCUT2D eigenvalue weighted by Gasteiger charge is -2.08. The van der Waals surface area contributed by atoms with Crippen molar-refractivity contribution in [2.24, 2.45) is 5.92 Å². The molecular formula is C15H16Cl2N4O. The first-order valence-corrected chi connectivity index (χ1v) is 7.53. The molecule has 0 spiro atoms. The van der Waals surface area contributed by atoms with Crippen LogP contribution in [-0.4, -0.2) is 22.4 Å². The van der Waals surface area contributed by atoms with Crippen LogP contribution < -0.4 is 10.6 Å². The number of benzene rings is 1. The summed E-state index contributed by atoms with van der Waals surface area (Å²) in [7, 11) is 0. The van der Waals surface area contributed by atoms with Gasteiger partial charge in [-0.25, -0.2) is 9.97 Å². The highest BCUT2D eigenvalue weighted by Crippen LogP contribution is 2.22. The third kappa shape index (κ3) is 4.86. The number of hydrogen-bond acceptors (Lipinski definition) is 4. The first kappa shape index (κ1) is 16.5. The number of anilines is 2. The van der Waals surface area contributed by atoms with E-state index in [0.29, 0.717) is 27.5 Å². The molecule has 1 heterocycles. The van der Waals surface area contributed by atoms with Crippen molar-refractivity contribution in [2.45, 2.75) is 13.8 Å². The normalized spacial score (nSPS) is 10.6. The monoisotopic (exact) mass is 338 g/mol. The topological polar surface area (TPSA) is 66.9 Å². The van der Waals surface area contributed by atoms with Crippen LogP contribution in [0.4, 0.5) is 11.5 Å². The fourth-order valence-corrected chi connectivity index (χ4v) is 2.19. The summed E-state index contributed by atoms with van der Waals surface area (Å²) in [5, 5.41) is 6.71. The number of aromatic nitrogens is 2. The van der Waals surface area contributed by atoms with Crippen LogP contribution in [-0.2, 0) is 0 Å². The molecule has 0 bridgehead atoms. The SMILES string of the molecule is CC(C)CNc1cnc(C(=O)Nc2cc(Cl)cc(Cl)c2)cn1. The van der Waals surface area contributed by atoms with E-state index in [1.54, 1.807) is 18.2 Å². The van der Waals surface area contributed by atoms with E-state index in [1.807, 2.05) is 0 Å². The molecule has 2 N–H and O–H groups in total. The van der Waals surface area contributed by atoms with E-state index < -0.39 is 0 Å². The summed E-state index contributed by atoms with van der Waals surface area (Å²) in [4.78, 5) is 20.4. The standard InChI is InChI=1S/C15H16Cl2N4O/c1-9(2)6-19-14-8-18-13(7-20-14)15(22)21-12-4-10(16)3-11(17)5-12/h3-5,7-9H,6H2,1-2H3,(H,19,20)(H,21,22). The van der Waals surface area contributed by atoms with Crippen molar-refractivity contribution in [1.82, 2.24) is 9.97 Å². The lowest BCUT2D eigenvalue weighted by molar-refractivity contribution is 0.102. The Morgan fingerprint density at radius 2 is 1.82 bits per heavy atom. The molecular weight excluding hydrogens is 323 g/mol. The van der Waals surface area contributed by atoms with Gasteiger partial charge in [-0.1, -0.05) is 37.0 Å². The van der Waals surface area contributed by atoms with Crippen molar-refractivity contribution >= 4 is 40.6 Å². The quantitative estimate of drug-likeness (QED) is 0.860. The Bertz CT molecular complexity index is 639. The maximum Gasteiger partial charge on any atom is 0.275 e. The Morgan fingerprint density at radius 1 is 1.14 bits per heavy atom. The van der Waals surface area contributed by atoms with Gasteiger partial charge in [0, 0.05) is 22.3 Å². The molecule has 0 fully saturated rings. The predicted octanol–water partition coefficient (Wildman–Crippen LogP) is 4.10. The van der Waals surface area contributed by atoms with Gasteiger partial charge in [0.2, 0.25) is 0 Å². The zero-order valence-electron chi connectivity index (χ0n) is 12.2. The van der Waals surface area contributed by atoms with Crippen molar-refractivity contribution in [1.29, 1.82) is 0 Å². The van der Waals surface area contributed by atoms with Gasteiger partial charge in [-0.15, -0.1) is 0 Å². The number of amides is 1. The molecule has 0 saturated carbocycles. The first-order chi connectivity index (χ1) is 10.4. The van der Waals surface area contributed by atoms with Crippen LogP contribution in [0.2, 0.25) is 10.0 Å². The summed E-state index contributed by atoms with van der Waals surface area (Å²) in [6.07, 6.45) is 2.95. The van der Waals surface area contributed by atoms with Gasteiger partial charge in [-0.3, -0.25) is 4.79 Å². The van der Waals surface area contributed by atoms with E-state index in [2.05, 4.69) is 34.4 Å². The molecule has 0 aliphatic heterocycles. The van der Waals surface area contributed by atoms with Crippen LogP contribution >= 0.6 is 23.2 Å².